The van der Waals surface area contributed by atoms with Crippen molar-refractivity contribution in [1.82, 2.24) is 14.3 Å². The van der Waals surface area contributed by atoms with Crippen molar-refractivity contribution in [3.8, 4) is 11.6 Å². The molecule has 1 aromatic carbocycles. The summed E-state index contributed by atoms with van der Waals surface area (Å²) in [6, 6.07) is 7.74. The van der Waals surface area contributed by atoms with Crippen molar-refractivity contribution in [2.24, 2.45) is 0 Å². The van der Waals surface area contributed by atoms with Crippen molar-refractivity contribution in [3.05, 3.63) is 50.7 Å². The molecular weight excluding hydrogens is 510 g/mol. The van der Waals surface area contributed by atoms with E-state index in [0.717, 1.165) is 69.8 Å². The maximum Gasteiger partial charge on any atom is 0.349 e. The van der Waals surface area contributed by atoms with Crippen LogP contribution in [-0.2, 0) is 29.0 Å². The number of aromatic nitrogens is 3. The number of nitrogens with zero attached hydrogens (tertiary/aromatic N) is 3. The minimum absolute atomic E-state index is 0.0123. The molecule has 0 saturated carbocycles. The van der Waals surface area contributed by atoms with Crippen LogP contribution in [0.2, 0.25) is 0 Å². The number of hydrogen-bond donors (Lipinski definition) is 0. The summed E-state index contributed by atoms with van der Waals surface area (Å²) in [6.45, 7) is 10.9. The van der Waals surface area contributed by atoms with Gasteiger partial charge in [-0.1, -0.05) is 58.1 Å². The Kier molecular flexibility index (Phi) is 14.5. The summed E-state index contributed by atoms with van der Waals surface area (Å²) in [7, 11) is 0. The predicted molar refractivity (Wildman–Crippen MR) is 157 cm³/mol. The van der Waals surface area contributed by atoms with Gasteiger partial charge in [-0.15, -0.1) is 5.10 Å². The second kappa shape index (κ2) is 17.6. The van der Waals surface area contributed by atoms with Crippen molar-refractivity contribution in [1.29, 1.82) is 0 Å². The van der Waals surface area contributed by atoms with E-state index >= 15 is 0 Å². The van der Waals surface area contributed by atoms with E-state index < -0.39 is 17.1 Å². The van der Waals surface area contributed by atoms with Crippen LogP contribution in [0.5, 0.6) is 11.6 Å². The predicted octanol–water partition coefficient (Wildman–Crippen LogP) is 5.69. The zero-order chi connectivity index (χ0) is 29.4. The van der Waals surface area contributed by atoms with Gasteiger partial charge in [-0.2, -0.15) is 0 Å². The molecule has 0 unspecified atom stereocenters. The molecule has 40 heavy (non-hydrogen) atoms. The van der Waals surface area contributed by atoms with Gasteiger partial charge in [0.05, 0.1) is 13.2 Å². The molecule has 0 amide bonds. The van der Waals surface area contributed by atoms with E-state index in [2.05, 4.69) is 12.0 Å². The van der Waals surface area contributed by atoms with Crippen LogP contribution in [0.3, 0.4) is 0 Å². The van der Waals surface area contributed by atoms with Gasteiger partial charge in [-0.3, -0.25) is 9.36 Å². The Labute approximate surface area is 238 Å². The monoisotopic (exact) mass is 559 g/mol. The second-order valence-electron chi connectivity index (χ2n) is 10.7. The van der Waals surface area contributed by atoms with E-state index in [1.165, 1.54) is 15.7 Å². The number of aryl methyl sites for hydroxylation is 2. The van der Waals surface area contributed by atoms with Gasteiger partial charge in [0.25, 0.3) is 5.88 Å². The highest BCUT2D eigenvalue weighted by molar-refractivity contribution is 5.79. The highest BCUT2D eigenvalue weighted by atomic mass is 16.6. The Balaban J connectivity index is 1.89. The Bertz CT molecular complexity index is 1150. The Morgan fingerprint density at radius 2 is 1.62 bits per heavy atom. The van der Waals surface area contributed by atoms with Crippen LogP contribution < -0.4 is 20.7 Å². The van der Waals surface area contributed by atoms with E-state index in [1.54, 1.807) is 20.8 Å². The molecule has 0 aliphatic carbocycles. The van der Waals surface area contributed by atoms with Crippen molar-refractivity contribution in [3.63, 3.8) is 0 Å². The molecule has 1 heterocycles. The Morgan fingerprint density at radius 3 is 2.35 bits per heavy atom. The van der Waals surface area contributed by atoms with E-state index in [9.17, 15) is 14.4 Å². The lowest BCUT2D eigenvalue weighted by molar-refractivity contribution is -0.158. The topological polar surface area (TPSA) is 102 Å². The third-order valence-corrected chi connectivity index (χ3v) is 6.69. The fourth-order valence-electron chi connectivity index (χ4n) is 4.33. The maximum atomic E-state index is 12.9. The first-order chi connectivity index (χ1) is 19.2. The van der Waals surface area contributed by atoms with Crippen LogP contribution in [0.25, 0.3) is 0 Å². The smallest absolute Gasteiger partial charge is 0.349 e. The van der Waals surface area contributed by atoms with Crippen LogP contribution in [0.15, 0.2) is 33.9 Å². The van der Waals surface area contributed by atoms with Gasteiger partial charge in [0.1, 0.15) is 5.75 Å². The average Bonchev–Trinajstić information content (AvgIpc) is 2.92. The molecular formula is C31H49N3O6. The van der Waals surface area contributed by atoms with Gasteiger partial charge in [0.2, 0.25) is 0 Å². The van der Waals surface area contributed by atoms with Crippen LogP contribution in [0.1, 0.15) is 104 Å². The fourth-order valence-corrected chi connectivity index (χ4v) is 4.33. The van der Waals surface area contributed by atoms with Crippen LogP contribution >= 0.6 is 0 Å². The van der Waals surface area contributed by atoms with Crippen molar-refractivity contribution < 1.29 is 19.0 Å². The van der Waals surface area contributed by atoms with Crippen molar-refractivity contribution >= 4 is 5.97 Å². The minimum atomic E-state index is -1.06. The largest absolute Gasteiger partial charge is 0.476 e. The number of carbonyl (C=O) groups is 1. The standard InChI is InChI=1S/C31H49N3O6/c1-6-9-11-12-15-22-34-30(37)33(21-10-7-2)28(35)27(32-34)39-23-16-13-14-18-25-19-17-20-26(24-25)40-31(4,5)29(36)38-8-3/h17,19-20,24H,6-16,18,21-23H2,1-5H3. The lowest BCUT2D eigenvalue weighted by Gasteiger charge is -2.24. The molecule has 0 N–H and O–H groups in total. The zero-order valence-corrected chi connectivity index (χ0v) is 25.2. The highest BCUT2D eigenvalue weighted by Crippen LogP contribution is 2.22. The number of esters is 1. The lowest BCUT2D eigenvalue weighted by Crippen LogP contribution is -2.42. The third kappa shape index (κ3) is 10.8. The lowest BCUT2D eigenvalue weighted by atomic mass is 10.1. The fraction of sp³-hybridized carbons (Fsp3) is 0.677. The molecule has 2 aromatic rings. The molecule has 0 radical (unpaired) electrons. The van der Waals surface area contributed by atoms with Gasteiger partial charge < -0.3 is 14.2 Å². The third-order valence-electron chi connectivity index (χ3n) is 6.69. The summed E-state index contributed by atoms with van der Waals surface area (Å²) < 4.78 is 19.5. The Morgan fingerprint density at radius 1 is 0.900 bits per heavy atom. The summed E-state index contributed by atoms with van der Waals surface area (Å²) in [5.41, 5.74) is -0.738. The molecule has 0 bridgehead atoms. The molecule has 9 heteroatoms. The van der Waals surface area contributed by atoms with Crippen molar-refractivity contribution in [2.75, 3.05) is 13.2 Å². The first-order valence-corrected chi connectivity index (χ1v) is 15.0. The molecule has 2 rings (SSSR count). The number of unbranched alkanes of at least 4 members (excludes halogenated alkanes) is 7. The molecule has 1 aromatic heterocycles. The first-order valence-electron chi connectivity index (χ1n) is 15.0. The van der Waals surface area contributed by atoms with Gasteiger partial charge >= 0.3 is 17.2 Å². The zero-order valence-electron chi connectivity index (χ0n) is 25.2. The number of benzene rings is 1. The van der Waals surface area contributed by atoms with E-state index in [4.69, 9.17) is 14.2 Å². The SMILES string of the molecule is CCCCCCCn1nc(OCCCCCc2cccc(OC(C)(C)C(=O)OCC)c2)c(=O)n(CCCC)c1=O. The van der Waals surface area contributed by atoms with Gasteiger partial charge in [-0.25, -0.2) is 14.3 Å². The summed E-state index contributed by atoms with van der Waals surface area (Å²) in [5.74, 6) is 0.248. The molecule has 0 spiro atoms. The molecule has 224 valence electrons. The summed E-state index contributed by atoms with van der Waals surface area (Å²) >= 11 is 0. The van der Waals surface area contributed by atoms with E-state index in [1.807, 2.05) is 31.2 Å². The van der Waals surface area contributed by atoms with Crippen LogP contribution in [0, 0.1) is 0 Å². The molecule has 0 fully saturated rings. The molecule has 0 atom stereocenters. The van der Waals surface area contributed by atoms with Crippen LogP contribution in [0.4, 0.5) is 0 Å². The summed E-state index contributed by atoms with van der Waals surface area (Å²) in [6.07, 6.45) is 10.4. The summed E-state index contributed by atoms with van der Waals surface area (Å²) in [4.78, 5) is 37.9. The van der Waals surface area contributed by atoms with Gasteiger partial charge in [0, 0.05) is 13.1 Å². The average molecular weight is 560 g/mol. The van der Waals surface area contributed by atoms with E-state index in [0.29, 0.717) is 32.1 Å². The first kappa shape index (κ1) is 33.1. The Hall–Kier alpha value is -3.10. The number of carbonyl (C=O) groups excluding carboxylic acids is 1. The van der Waals surface area contributed by atoms with Gasteiger partial charge in [-0.05, 0) is 77.0 Å². The van der Waals surface area contributed by atoms with Crippen molar-refractivity contribution in [2.45, 2.75) is 124 Å². The number of rotatable bonds is 20. The second-order valence-corrected chi connectivity index (χ2v) is 10.7. The molecule has 0 saturated heterocycles. The molecule has 0 aliphatic rings. The minimum Gasteiger partial charge on any atom is -0.476 e. The van der Waals surface area contributed by atoms with E-state index in [-0.39, 0.29) is 11.6 Å². The normalized spacial score (nSPS) is 11.4. The number of ether oxygens (including phenoxy) is 3. The maximum absolute atomic E-state index is 12.9. The number of hydrogen-bond acceptors (Lipinski definition) is 7. The summed E-state index contributed by atoms with van der Waals surface area (Å²) in [5, 5.41) is 4.29. The van der Waals surface area contributed by atoms with Crippen LogP contribution in [-0.4, -0.2) is 39.1 Å². The quantitative estimate of drug-likeness (QED) is 0.152. The van der Waals surface area contributed by atoms with Gasteiger partial charge in [0.15, 0.2) is 5.60 Å². The molecule has 0 aliphatic heterocycles. The highest BCUT2D eigenvalue weighted by Gasteiger charge is 2.31. The molecule has 9 nitrogen and oxygen atoms in total.